The summed E-state index contributed by atoms with van der Waals surface area (Å²) in [7, 11) is 0. The number of hydrogen-bond acceptors (Lipinski definition) is 3. The Kier molecular flexibility index (Phi) is 24.7. The quantitative estimate of drug-likeness (QED) is 0.314. The molecule has 0 fully saturated rings. The number of carbonyl (C=O) groups is 1. The standard InChI is InChI=1S/CH2O3.Al.Ca.3H/c2-1(3)4;;;;;/h(H2,2,3,4);;;;;/q;;+2;;;/p-2. The second-order valence-electron chi connectivity index (χ2n) is 0.250. The molecule has 0 saturated heterocycles. The fourth-order valence-electron chi connectivity index (χ4n) is 0. The second-order valence-corrected chi connectivity index (χ2v) is 0.250. The van der Waals surface area contributed by atoms with Crippen LogP contribution in [0.1, 0.15) is 0 Å². The van der Waals surface area contributed by atoms with Crippen molar-refractivity contribution in [2.45, 2.75) is 0 Å². The number of carboxylic acid groups (broad SMARTS) is 2. The molecule has 0 unspecified atom stereocenters. The molecule has 0 aliphatic carbocycles. The zero-order chi connectivity index (χ0) is 3.58. The molecule has 0 radical (unpaired) electrons. The van der Waals surface area contributed by atoms with Gasteiger partial charge in [0.1, 0.15) is 0 Å². The molecule has 6 heavy (non-hydrogen) atoms. The minimum Gasteiger partial charge on any atom is -0.652 e. The van der Waals surface area contributed by atoms with Crippen molar-refractivity contribution in [3.8, 4) is 0 Å². The predicted octanol–water partition coefficient (Wildman–Crippen LogP) is -4.01. The fourth-order valence-corrected chi connectivity index (χ4v) is 0. The molecule has 0 aromatic carbocycles. The van der Waals surface area contributed by atoms with Crippen molar-refractivity contribution in [3.05, 3.63) is 0 Å². The largest absolute Gasteiger partial charge is 2.00 e. The predicted molar refractivity (Wildman–Crippen MR) is 21.1 cm³/mol. The van der Waals surface area contributed by atoms with E-state index < -0.39 is 6.16 Å². The van der Waals surface area contributed by atoms with Crippen LogP contribution in [0, 0.1) is 0 Å². The first-order valence-electron chi connectivity index (χ1n) is 0.612. The fraction of sp³-hybridized carbons (Fsp3) is 0. The summed E-state index contributed by atoms with van der Waals surface area (Å²) in [5.74, 6) is 0. The summed E-state index contributed by atoms with van der Waals surface area (Å²) in [6, 6.07) is 0. The molecule has 0 aromatic heterocycles. The van der Waals surface area contributed by atoms with Crippen molar-refractivity contribution in [3.63, 3.8) is 0 Å². The molecule has 0 heterocycles. The minimum absolute atomic E-state index is 0. The number of hydrogen-bond donors (Lipinski definition) is 0. The van der Waals surface area contributed by atoms with Crippen molar-refractivity contribution in [1.29, 1.82) is 0 Å². The third-order valence-electron chi connectivity index (χ3n) is 0. The summed E-state index contributed by atoms with van der Waals surface area (Å²) in [6.07, 6.45) is -2.33. The average molecular weight is 130 g/mol. The van der Waals surface area contributed by atoms with Gasteiger partial charge in [-0.15, -0.1) is 0 Å². The van der Waals surface area contributed by atoms with E-state index in [4.69, 9.17) is 15.0 Å². The number of rotatable bonds is 0. The van der Waals surface area contributed by atoms with E-state index in [0.717, 1.165) is 0 Å². The Morgan fingerprint density at radius 1 is 1.33 bits per heavy atom. The topological polar surface area (TPSA) is 63.2 Å². The van der Waals surface area contributed by atoms with Gasteiger partial charge in [0, 0.05) is 0 Å². The van der Waals surface area contributed by atoms with Crippen LogP contribution >= 0.6 is 0 Å². The van der Waals surface area contributed by atoms with Gasteiger partial charge in [0.05, 0.1) is 0 Å². The Bertz CT molecular complexity index is 33.8. The molecule has 0 rings (SSSR count). The van der Waals surface area contributed by atoms with Crippen LogP contribution in [0.5, 0.6) is 0 Å². The van der Waals surface area contributed by atoms with Crippen LogP contribution in [-0.2, 0) is 0 Å². The molecule has 0 spiro atoms. The van der Waals surface area contributed by atoms with E-state index in [1.807, 2.05) is 0 Å². The molecule has 5 heteroatoms. The van der Waals surface area contributed by atoms with Gasteiger partial charge in [0.15, 0.2) is 17.4 Å². The van der Waals surface area contributed by atoms with E-state index in [2.05, 4.69) is 0 Å². The molecular formula is CH3AlCaO3. The van der Waals surface area contributed by atoms with Gasteiger partial charge in [0.2, 0.25) is 0 Å². The SMILES string of the molecule is O=C([O-])[O-].[AlH3].[Ca+2]. The van der Waals surface area contributed by atoms with Crippen LogP contribution < -0.4 is 10.2 Å². The molecule has 0 aromatic rings. The van der Waals surface area contributed by atoms with E-state index in [-0.39, 0.29) is 55.1 Å². The van der Waals surface area contributed by atoms with Crippen LogP contribution in [-0.4, -0.2) is 61.3 Å². The Balaban J connectivity index is -0.0000000450. The van der Waals surface area contributed by atoms with Crippen molar-refractivity contribution in [2.75, 3.05) is 0 Å². The molecule has 30 valence electrons. The summed E-state index contributed by atoms with van der Waals surface area (Å²) in [6.45, 7) is 0. The molecule has 0 aliphatic rings. The van der Waals surface area contributed by atoms with Gasteiger partial charge in [-0.25, -0.2) is 0 Å². The monoisotopic (exact) mass is 130 g/mol. The van der Waals surface area contributed by atoms with E-state index in [0.29, 0.717) is 0 Å². The van der Waals surface area contributed by atoms with Crippen LogP contribution in [0.15, 0.2) is 0 Å². The number of carbonyl (C=O) groups excluding carboxylic acids is 1. The average Bonchev–Trinajstić information content (AvgIpc) is 0.811. The van der Waals surface area contributed by atoms with Crippen molar-refractivity contribution < 1.29 is 15.0 Å². The normalized spacial score (nSPS) is 4.00. The Labute approximate surface area is 75.5 Å². The smallest absolute Gasteiger partial charge is 0.652 e. The molecule has 0 bridgehead atoms. The van der Waals surface area contributed by atoms with Gasteiger partial charge >= 0.3 is 37.7 Å². The van der Waals surface area contributed by atoms with Gasteiger partial charge < -0.3 is 15.0 Å². The Hall–Kier alpha value is 1.06. The molecule has 0 N–H and O–H groups in total. The molecule has 0 atom stereocenters. The second kappa shape index (κ2) is 9.41. The molecule has 0 saturated carbocycles. The summed E-state index contributed by atoms with van der Waals surface area (Å²) >= 11 is 0. The minimum atomic E-state index is -2.33. The maximum atomic E-state index is 8.33. The van der Waals surface area contributed by atoms with Gasteiger partial charge in [-0.3, -0.25) is 0 Å². The van der Waals surface area contributed by atoms with E-state index in [9.17, 15) is 0 Å². The van der Waals surface area contributed by atoms with Crippen LogP contribution in [0.3, 0.4) is 0 Å². The summed E-state index contributed by atoms with van der Waals surface area (Å²) < 4.78 is 0. The van der Waals surface area contributed by atoms with Gasteiger partial charge in [0.25, 0.3) is 0 Å². The van der Waals surface area contributed by atoms with Gasteiger partial charge in [-0.05, 0) is 6.16 Å². The molecular weight excluding hydrogens is 127 g/mol. The molecule has 3 nitrogen and oxygen atoms in total. The van der Waals surface area contributed by atoms with Crippen LogP contribution in [0.2, 0.25) is 0 Å². The van der Waals surface area contributed by atoms with Crippen molar-refractivity contribution in [1.82, 2.24) is 0 Å². The van der Waals surface area contributed by atoms with E-state index >= 15 is 0 Å². The zero-order valence-electron chi connectivity index (χ0n) is 2.43. The maximum Gasteiger partial charge on any atom is 2.00 e. The summed E-state index contributed by atoms with van der Waals surface area (Å²) in [5, 5.41) is 16.7. The maximum absolute atomic E-state index is 8.33. The van der Waals surface area contributed by atoms with Gasteiger partial charge in [-0.2, -0.15) is 0 Å². The Morgan fingerprint density at radius 2 is 1.33 bits per heavy atom. The first-order chi connectivity index (χ1) is 1.73. The first kappa shape index (κ1) is 15.7. The third-order valence-corrected chi connectivity index (χ3v) is 0. The van der Waals surface area contributed by atoms with Crippen LogP contribution in [0.4, 0.5) is 4.79 Å². The molecule has 0 amide bonds. The Morgan fingerprint density at radius 3 is 1.33 bits per heavy atom. The third kappa shape index (κ3) is 74.0. The van der Waals surface area contributed by atoms with E-state index in [1.165, 1.54) is 0 Å². The summed E-state index contributed by atoms with van der Waals surface area (Å²) in [5.41, 5.74) is 0. The first-order valence-corrected chi connectivity index (χ1v) is 0.612. The summed E-state index contributed by atoms with van der Waals surface area (Å²) in [4.78, 5) is 8.33. The molecule has 0 aliphatic heterocycles. The van der Waals surface area contributed by atoms with E-state index in [1.54, 1.807) is 0 Å². The van der Waals surface area contributed by atoms with Crippen LogP contribution in [0.25, 0.3) is 0 Å². The zero-order valence-corrected chi connectivity index (χ0v) is 4.64. The van der Waals surface area contributed by atoms with Crippen molar-refractivity contribution >= 4 is 61.3 Å². The van der Waals surface area contributed by atoms with Crippen molar-refractivity contribution in [2.24, 2.45) is 0 Å². The van der Waals surface area contributed by atoms with Gasteiger partial charge in [-0.1, -0.05) is 0 Å².